The second kappa shape index (κ2) is 4.23. The van der Waals surface area contributed by atoms with Crippen LogP contribution >= 0.6 is 0 Å². The lowest BCUT2D eigenvalue weighted by Crippen LogP contribution is -2.44. The number of carbonyl (C=O) groups excluding carboxylic acids is 1. The summed E-state index contributed by atoms with van der Waals surface area (Å²) >= 11 is 0. The lowest BCUT2D eigenvalue weighted by Gasteiger charge is -2.40. The largest absolute Gasteiger partial charge is 0.273 e. The van der Waals surface area contributed by atoms with Crippen molar-refractivity contribution in [1.29, 1.82) is 0 Å². The molecule has 0 spiro atoms. The molecular formula is C15H18N2O. The molecule has 1 aromatic carbocycles. The first-order valence-corrected chi connectivity index (χ1v) is 6.65. The average molecular weight is 242 g/mol. The van der Waals surface area contributed by atoms with Gasteiger partial charge in [0.15, 0.2) is 0 Å². The molecular weight excluding hydrogens is 224 g/mol. The SMILES string of the molecule is C[C@@]12CCCCC1=NN(c1ccccc1)C(=O)C2. The van der Waals surface area contributed by atoms with Crippen molar-refractivity contribution >= 4 is 17.3 Å². The van der Waals surface area contributed by atoms with Gasteiger partial charge in [0, 0.05) is 17.5 Å². The number of anilines is 1. The lowest BCUT2D eigenvalue weighted by molar-refractivity contribution is -0.120. The Bertz CT molecular complexity index is 494. The van der Waals surface area contributed by atoms with Crippen LogP contribution in [0.1, 0.15) is 39.0 Å². The van der Waals surface area contributed by atoms with Crippen LogP contribution in [0.2, 0.25) is 0 Å². The molecule has 0 unspecified atom stereocenters. The summed E-state index contributed by atoms with van der Waals surface area (Å²) in [5, 5.41) is 6.21. The molecule has 18 heavy (non-hydrogen) atoms. The van der Waals surface area contributed by atoms with Crippen LogP contribution in [0.3, 0.4) is 0 Å². The van der Waals surface area contributed by atoms with E-state index in [1.807, 2.05) is 30.3 Å². The second-order valence-corrected chi connectivity index (χ2v) is 5.53. The number of amides is 1. The van der Waals surface area contributed by atoms with Crippen LogP contribution in [-0.2, 0) is 4.79 Å². The first-order valence-electron chi connectivity index (χ1n) is 6.65. The van der Waals surface area contributed by atoms with Crippen molar-refractivity contribution in [3.05, 3.63) is 30.3 Å². The maximum atomic E-state index is 12.3. The molecule has 2 aliphatic rings. The van der Waals surface area contributed by atoms with Gasteiger partial charge in [0.25, 0.3) is 0 Å². The van der Waals surface area contributed by atoms with E-state index in [1.54, 1.807) is 5.01 Å². The summed E-state index contributed by atoms with van der Waals surface area (Å²) in [4.78, 5) is 12.3. The number of fused-ring (bicyclic) bond motifs is 1. The Morgan fingerprint density at radius 1 is 1.22 bits per heavy atom. The van der Waals surface area contributed by atoms with E-state index in [0.717, 1.165) is 18.5 Å². The van der Waals surface area contributed by atoms with E-state index in [-0.39, 0.29) is 11.3 Å². The summed E-state index contributed by atoms with van der Waals surface area (Å²) in [6, 6.07) is 9.71. The van der Waals surface area contributed by atoms with Crippen molar-refractivity contribution in [3.8, 4) is 0 Å². The zero-order valence-electron chi connectivity index (χ0n) is 10.7. The maximum absolute atomic E-state index is 12.3. The molecule has 0 aromatic heterocycles. The Balaban J connectivity index is 1.98. The predicted octanol–water partition coefficient (Wildman–Crippen LogP) is 3.36. The number of hydrogen-bond acceptors (Lipinski definition) is 2. The van der Waals surface area contributed by atoms with Crippen LogP contribution in [0, 0.1) is 5.41 Å². The topological polar surface area (TPSA) is 32.7 Å². The lowest BCUT2D eigenvalue weighted by atomic mass is 9.71. The van der Waals surface area contributed by atoms with E-state index in [9.17, 15) is 4.79 Å². The Kier molecular flexibility index (Phi) is 2.69. The van der Waals surface area contributed by atoms with Crippen LogP contribution < -0.4 is 5.01 Å². The predicted molar refractivity (Wildman–Crippen MR) is 72.6 cm³/mol. The van der Waals surface area contributed by atoms with Gasteiger partial charge in [0.05, 0.1) is 5.69 Å². The van der Waals surface area contributed by atoms with E-state index in [0.29, 0.717) is 6.42 Å². The highest BCUT2D eigenvalue weighted by atomic mass is 16.2. The molecule has 3 rings (SSSR count). The minimum absolute atomic E-state index is 0.0145. The molecule has 1 amide bonds. The molecule has 0 N–H and O–H groups in total. The summed E-state index contributed by atoms with van der Waals surface area (Å²) < 4.78 is 0. The molecule has 1 fully saturated rings. The van der Waals surface area contributed by atoms with Crippen molar-refractivity contribution in [2.24, 2.45) is 10.5 Å². The van der Waals surface area contributed by atoms with E-state index in [4.69, 9.17) is 0 Å². The third-order valence-corrected chi connectivity index (χ3v) is 4.09. The van der Waals surface area contributed by atoms with Crippen molar-refractivity contribution < 1.29 is 4.79 Å². The van der Waals surface area contributed by atoms with Gasteiger partial charge in [-0.25, -0.2) is 5.01 Å². The number of carbonyl (C=O) groups is 1. The number of nitrogens with zero attached hydrogens (tertiary/aromatic N) is 2. The fraction of sp³-hybridized carbons (Fsp3) is 0.467. The number of hydrogen-bond donors (Lipinski definition) is 0. The van der Waals surface area contributed by atoms with E-state index < -0.39 is 0 Å². The van der Waals surface area contributed by atoms with Crippen molar-refractivity contribution in [1.82, 2.24) is 0 Å². The highest BCUT2D eigenvalue weighted by Crippen LogP contribution is 2.40. The minimum atomic E-state index is 0.0145. The van der Waals surface area contributed by atoms with Gasteiger partial charge in [-0.05, 0) is 31.4 Å². The molecule has 0 radical (unpaired) electrons. The molecule has 1 saturated carbocycles. The van der Waals surface area contributed by atoms with E-state index in [1.165, 1.54) is 18.6 Å². The van der Waals surface area contributed by atoms with Crippen LogP contribution in [0.25, 0.3) is 0 Å². The quantitative estimate of drug-likeness (QED) is 0.743. The number of benzene rings is 1. The standard InChI is InChI=1S/C15H18N2O/c1-15-10-6-5-9-13(15)16-17(14(18)11-15)12-7-3-2-4-8-12/h2-4,7-8H,5-6,9-11H2,1H3/t15-/m0/s1. The molecule has 94 valence electrons. The minimum Gasteiger partial charge on any atom is -0.273 e. The molecule has 1 heterocycles. The van der Waals surface area contributed by atoms with Gasteiger partial charge in [-0.3, -0.25) is 4.79 Å². The molecule has 1 aliphatic heterocycles. The monoisotopic (exact) mass is 242 g/mol. The van der Waals surface area contributed by atoms with Gasteiger partial charge in [-0.2, -0.15) is 5.10 Å². The van der Waals surface area contributed by atoms with Gasteiger partial charge < -0.3 is 0 Å². The summed E-state index contributed by atoms with van der Waals surface area (Å²) in [6.07, 6.45) is 5.15. The van der Waals surface area contributed by atoms with Gasteiger partial charge in [0.2, 0.25) is 5.91 Å². The van der Waals surface area contributed by atoms with Crippen molar-refractivity contribution in [2.45, 2.75) is 39.0 Å². The van der Waals surface area contributed by atoms with Crippen LogP contribution in [0.5, 0.6) is 0 Å². The highest BCUT2D eigenvalue weighted by Gasteiger charge is 2.40. The Morgan fingerprint density at radius 3 is 2.78 bits per heavy atom. The van der Waals surface area contributed by atoms with E-state index >= 15 is 0 Å². The summed E-state index contributed by atoms with van der Waals surface area (Å²) in [7, 11) is 0. The molecule has 1 aliphatic carbocycles. The Morgan fingerprint density at radius 2 is 2.00 bits per heavy atom. The molecule has 0 bridgehead atoms. The fourth-order valence-corrected chi connectivity index (χ4v) is 2.97. The summed E-state index contributed by atoms with van der Waals surface area (Å²) in [6.45, 7) is 2.19. The first-order chi connectivity index (χ1) is 8.69. The molecule has 3 nitrogen and oxygen atoms in total. The van der Waals surface area contributed by atoms with Gasteiger partial charge in [-0.15, -0.1) is 0 Å². The van der Waals surface area contributed by atoms with Crippen molar-refractivity contribution in [2.75, 3.05) is 5.01 Å². The Hall–Kier alpha value is -1.64. The number of para-hydroxylation sites is 1. The fourth-order valence-electron chi connectivity index (χ4n) is 2.97. The third kappa shape index (κ3) is 1.84. The maximum Gasteiger partial charge on any atom is 0.248 e. The first kappa shape index (κ1) is 11.5. The normalized spacial score (nSPS) is 27.7. The van der Waals surface area contributed by atoms with Crippen molar-refractivity contribution in [3.63, 3.8) is 0 Å². The zero-order valence-corrected chi connectivity index (χ0v) is 10.7. The van der Waals surface area contributed by atoms with Crippen LogP contribution in [0.15, 0.2) is 35.4 Å². The van der Waals surface area contributed by atoms with Gasteiger partial charge >= 0.3 is 0 Å². The van der Waals surface area contributed by atoms with Gasteiger partial charge in [0.1, 0.15) is 0 Å². The van der Waals surface area contributed by atoms with E-state index in [2.05, 4.69) is 12.0 Å². The van der Waals surface area contributed by atoms with Crippen LogP contribution in [-0.4, -0.2) is 11.6 Å². The number of hydrazone groups is 1. The Labute approximate surface area is 107 Å². The second-order valence-electron chi connectivity index (χ2n) is 5.53. The third-order valence-electron chi connectivity index (χ3n) is 4.09. The summed E-state index contributed by atoms with van der Waals surface area (Å²) in [5.41, 5.74) is 2.10. The van der Waals surface area contributed by atoms with Gasteiger partial charge in [-0.1, -0.05) is 31.5 Å². The molecule has 1 atom stereocenters. The smallest absolute Gasteiger partial charge is 0.248 e. The molecule has 3 heteroatoms. The van der Waals surface area contributed by atoms with Crippen LogP contribution in [0.4, 0.5) is 5.69 Å². The zero-order chi connectivity index (χ0) is 12.6. The number of rotatable bonds is 1. The molecule has 1 aromatic rings. The average Bonchev–Trinajstić information content (AvgIpc) is 2.38. The summed E-state index contributed by atoms with van der Waals surface area (Å²) in [5.74, 6) is 0.120. The highest BCUT2D eigenvalue weighted by molar-refractivity contribution is 6.05. The molecule has 0 saturated heterocycles.